The fraction of sp³-hybridized carbons (Fsp3) is 0.867. The normalized spacial score (nSPS) is 24.9. The van der Waals surface area contributed by atoms with Crippen LogP contribution < -0.4 is 0 Å². The summed E-state index contributed by atoms with van der Waals surface area (Å²) in [7, 11) is 0. The summed E-state index contributed by atoms with van der Waals surface area (Å²) in [6, 6.07) is 0. The molecule has 2 rings (SSSR count). The van der Waals surface area contributed by atoms with E-state index in [1.807, 2.05) is 0 Å². The molecule has 2 fully saturated rings. The van der Waals surface area contributed by atoms with E-state index in [0.29, 0.717) is 0 Å². The molecule has 17 heavy (non-hydrogen) atoms. The third kappa shape index (κ3) is 4.44. The Kier molecular flexibility index (Phi) is 5.53. The van der Waals surface area contributed by atoms with Crippen LogP contribution in [0.2, 0.25) is 0 Å². The van der Waals surface area contributed by atoms with Gasteiger partial charge in [0.25, 0.3) is 0 Å². The van der Waals surface area contributed by atoms with E-state index >= 15 is 0 Å². The first-order valence-corrected chi connectivity index (χ1v) is 7.29. The Morgan fingerprint density at radius 1 is 1.06 bits per heavy atom. The maximum atomic E-state index is 5.42. The van der Waals surface area contributed by atoms with Crippen molar-refractivity contribution in [2.75, 3.05) is 32.8 Å². The second kappa shape index (κ2) is 7.17. The summed E-state index contributed by atoms with van der Waals surface area (Å²) in [5.74, 6) is 1.85. The highest BCUT2D eigenvalue weighted by molar-refractivity contribution is 4.77. The molecule has 2 saturated heterocycles. The van der Waals surface area contributed by atoms with Crippen LogP contribution in [0.3, 0.4) is 0 Å². The van der Waals surface area contributed by atoms with Gasteiger partial charge in [0.2, 0.25) is 0 Å². The van der Waals surface area contributed by atoms with Gasteiger partial charge in [-0.2, -0.15) is 0 Å². The van der Waals surface area contributed by atoms with E-state index in [1.165, 1.54) is 58.2 Å². The van der Waals surface area contributed by atoms with Crippen molar-refractivity contribution in [2.24, 2.45) is 11.8 Å². The molecule has 0 amide bonds. The SMILES string of the molecule is C=CCCC1CCN(CC2CCOCC2)CC1. The fourth-order valence-electron chi connectivity index (χ4n) is 3.11. The van der Waals surface area contributed by atoms with Crippen LogP contribution in [0.1, 0.15) is 38.5 Å². The number of nitrogens with zero attached hydrogens (tertiary/aromatic N) is 1. The van der Waals surface area contributed by atoms with Gasteiger partial charge in [-0.25, -0.2) is 0 Å². The Morgan fingerprint density at radius 3 is 2.41 bits per heavy atom. The molecular weight excluding hydrogens is 210 g/mol. The van der Waals surface area contributed by atoms with Crippen LogP contribution in [0.4, 0.5) is 0 Å². The van der Waals surface area contributed by atoms with Crippen LogP contribution in [0, 0.1) is 11.8 Å². The van der Waals surface area contributed by atoms with E-state index in [-0.39, 0.29) is 0 Å². The van der Waals surface area contributed by atoms with E-state index in [9.17, 15) is 0 Å². The number of hydrogen-bond acceptors (Lipinski definition) is 2. The largest absolute Gasteiger partial charge is 0.381 e. The summed E-state index contributed by atoms with van der Waals surface area (Å²) in [6.07, 6.45) is 9.97. The van der Waals surface area contributed by atoms with Crippen molar-refractivity contribution in [1.82, 2.24) is 4.90 Å². The molecule has 98 valence electrons. The third-order valence-electron chi connectivity index (χ3n) is 4.34. The zero-order chi connectivity index (χ0) is 11.9. The van der Waals surface area contributed by atoms with Gasteiger partial charge >= 0.3 is 0 Å². The summed E-state index contributed by atoms with van der Waals surface area (Å²) in [5.41, 5.74) is 0. The molecule has 0 aromatic rings. The highest BCUT2D eigenvalue weighted by Crippen LogP contribution is 2.24. The van der Waals surface area contributed by atoms with Crippen molar-refractivity contribution in [3.63, 3.8) is 0 Å². The maximum Gasteiger partial charge on any atom is 0.0469 e. The first kappa shape index (κ1) is 13.1. The monoisotopic (exact) mass is 237 g/mol. The first-order valence-electron chi connectivity index (χ1n) is 7.29. The average Bonchev–Trinajstić information content (AvgIpc) is 2.39. The van der Waals surface area contributed by atoms with Crippen LogP contribution in [-0.2, 0) is 4.74 Å². The molecule has 0 unspecified atom stereocenters. The lowest BCUT2D eigenvalue weighted by Crippen LogP contribution is -2.38. The lowest BCUT2D eigenvalue weighted by atomic mass is 9.91. The number of likely N-dealkylation sites (tertiary alicyclic amines) is 1. The minimum Gasteiger partial charge on any atom is -0.381 e. The van der Waals surface area contributed by atoms with Crippen molar-refractivity contribution in [3.8, 4) is 0 Å². The van der Waals surface area contributed by atoms with Crippen molar-refractivity contribution >= 4 is 0 Å². The molecule has 0 saturated carbocycles. The van der Waals surface area contributed by atoms with Gasteiger partial charge in [-0.05, 0) is 63.5 Å². The van der Waals surface area contributed by atoms with Crippen LogP contribution >= 0.6 is 0 Å². The summed E-state index contributed by atoms with van der Waals surface area (Å²) >= 11 is 0. The zero-order valence-electron chi connectivity index (χ0n) is 11.1. The van der Waals surface area contributed by atoms with E-state index in [4.69, 9.17) is 4.74 Å². The number of rotatable bonds is 5. The van der Waals surface area contributed by atoms with Gasteiger partial charge < -0.3 is 9.64 Å². The molecule has 2 heterocycles. The number of piperidine rings is 1. The number of ether oxygens (including phenoxy) is 1. The lowest BCUT2D eigenvalue weighted by Gasteiger charge is -2.35. The van der Waals surface area contributed by atoms with Crippen LogP contribution in [0.25, 0.3) is 0 Å². The van der Waals surface area contributed by atoms with Gasteiger partial charge in [0.15, 0.2) is 0 Å². The van der Waals surface area contributed by atoms with Gasteiger partial charge in [0.1, 0.15) is 0 Å². The van der Waals surface area contributed by atoms with Gasteiger partial charge in [0.05, 0.1) is 0 Å². The molecule has 2 nitrogen and oxygen atoms in total. The summed E-state index contributed by atoms with van der Waals surface area (Å²) < 4.78 is 5.42. The van der Waals surface area contributed by atoms with Crippen molar-refractivity contribution in [3.05, 3.63) is 12.7 Å². The third-order valence-corrected chi connectivity index (χ3v) is 4.34. The number of allylic oxidation sites excluding steroid dienone is 1. The predicted molar refractivity (Wildman–Crippen MR) is 72.1 cm³/mol. The van der Waals surface area contributed by atoms with Gasteiger partial charge in [-0.1, -0.05) is 6.08 Å². The Labute approximate surface area is 106 Å². The van der Waals surface area contributed by atoms with Crippen LogP contribution in [0.15, 0.2) is 12.7 Å². The molecule has 0 bridgehead atoms. The minimum absolute atomic E-state index is 0.897. The summed E-state index contributed by atoms with van der Waals surface area (Å²) in [4.78, 5) is 2.68. The van der Waals surface area contributed by atoms with Crippen molar-refractivity contribution in [2.45, 2.75) is 38.5 Å². The molecule has 0 aromatic carbocycles. The van der Waals surface area contributed by atoms with Crippen LogP contribution in [0.5, 0.6) is 0 Å². The first-order chi connectivity index (χ1) is 8.38. The minimum atomic E-state index is 0.897. The van der Waals surface area contributed by atoms with Crippen LogP contribution in [-0.4, -0.2) is 37.7 Å². The molecule has 0 atom stereocenters. The summed E-state index contributed by atoms with van der Waals surface area (Å²) in [5, 5.41) is 0. The van der Waals surface area contributed by atoms with E-state index in [1.54, 1.807) is 0 Å². The molecule has 2 aliphatic heterocycles. The Balaban J connectivity index is 1.62. The zero-order valence-corrected chi connectivity index (χ0v) is 11.1. The summed E-state index contributed by atoms with van der Waals surface area (Å²) in [6.45, 7) is 9.74. The highest BCUT2D eigenvalue weighted by Gasteiger charge is 2.22. The van der Waals surface area contributed by atoms with E-state index in [2.05, 4.69) is 17.6 Å². The predicted octanol–water partition coefficient (Wildman–Crippen LogP) is 3.09. The van der Waals surface area contributed by atoms with Crippen molar-refractivity contribution in [1.29, 1.82) is 0 Å². The molecule has 2 heteroatoms. The lowest BCUT2D eigenvalue weighted by molar-refractivity contribution is 0.0465. The molecule has 2 aliphatic rings. The Morgan fingerprint density at radius 2 is 1.76 bits per heavy atom. The number of hydrogen-bond donors (Lipinski definition) is 0. The van der Waals surface area contributed by atoms with Gasteiger partial charge in [-0.3, -0.25) is 0 Å². The fourth-order valence-corrected chi connectivity index (χ4v) is 3.11. The maximum absolute atomic E-state index is 5.42. The van der Waals surface area contributed by atoms with Crippen molar-refractivity contribution < 1.29 is 4.74 Å². The molecular formula is C15H27NO. The second-order valence-corrected chi connectivity index (χ2v) is 5.67. The molecule has 0 N–H and O–H groups in total. The topological polar surface area (TPSA) is 12.5 Å². The Bertz CT molecular complexity index is 215. The van der Waals surface area contributed by atoms with E-state index < -0.39 is 0 Å². The molecule has 0 radical (unpaired) electrons. The smallest absolute Gasteiger partial charge is 0.0469 e. The molecule has 0 aliphatic carbocycles. The van der Waals surface area contributed by atoms with Gasteiger partial charge in [-0.15, -0.1) is 6.58 Å². The second-order valence-electron chi connectivity index (χ2n) is 5.67. The van der Waals surface area contributed by atoms with E-state index in [0.717, 1.165) is 25.0 Å². The quantitative estimate of drug-likeness (QED) is 0.681. The Hall–Kier alpha value is -0.340. The standard InChI is InChI=1S/C15H27NO/c1-2-3-4-14-5-9-16(10-6-14)13-15-7-11-17-12-8-15/h2,14-15H,1,3-13H2. The highest BCUT2D eigenvalue weighted by atomic mass is 16.5. The average molecular weight is 237 g/mol. The molecule has 0 spiro atoms. The molecule has 0 aromatic heterocycles. The van der Waals surface area contributed by atoms with Gasteiger partial charge in [0, 0.05) is 19.8 Å².